The van der Waals surface area contributed by atoms with Gasteiger partial charge in [-0.2, -0.15) is 0 Å². The van der Waals surface area contributed by atoms with Crippen LogP contribution in [0.1, 0.15) is 48.3 Å². The maximum Gasteiger partial charge on any atom is 0.231 e. The van der Waals surface area contributed by atoms with Crippen molar-refractivity contribution in [1.82, 2.24) is 25.5 Å². The number of unbranched alkanes of at least 4 members (excludes halogenated alkanes) is 1. The number of rotatable bonds is 9. The Balaban J connectivity index is 1.63. The summed E-state index contributed by atoms with van der Waals surface area (Å²) in [5, 5.41) is 16.1. The Morgan fingerprint density at radius 1 is 1.14 bits per heavy atom. The standard InChI is InChI=1S/C21H26N6O2/c1-2-3-9-27-21(24-25-26-27)20(17-7-8-18-19(11-17)29-14-28-18)23-13-16-6-4-5-15(10-16)12-22/h4-8,10-11,20,23H,2-3,9,12-14,22H2,1H3. The number of nitrogens with two attached hydrogens (primary N) is 1. The number of nitrogens with zero attached hydrogens (tertiary/aromatic N) is 4. The Labute approximate surface area is 170 Å². The summed E-state index contributed by atoms with van der Waals surface area (Å²) in [6.07, 6.45) is 2.09. The highest BCUT2D eigenvalue weighted by molar-refractivity contribution is 5.46. The molecule has 1 aliphatic rings. The van der Waals surface area contributed by atoms with Crippen LogP contribution in [0.5, 0.6) is 11.5 Å². The first-order valence-electron chi connectivity index (χ1n) is 9.95. The van der Waals surface area contributed by atoms with E-state index in [1.54, 1.807) is 0 Å². The molecule has 1 aromatic heterocycles. The normalized spacial score (nSPS) is 13.6. The molecule has 8 nitrogen and oxygen atoms in total. The third-order valence-corrected chi connectivity index (χ3v) is 5.01. The number of benzene rings is 2. The number of hydrogen-bond donors (Lipinski definition) is 2. The molecular formula is C21H26N6O2. The van der Waals surface area contributed by atoms with E-state index in [0.717, 1.165) is 53.4 Å². The van der Waals surface area contributed by atoms with Crippen molar-refractivity contribution in [3.05, 3.63) is 65.0 Å². The highest BCUT2D eigenvalue weighted by Gasteiger charge is 2.24. The Morgan fingerprint density at radius 2 is 2.00 bits per heavy atom. The number of hydrogen-bond acceptors (Lipinski definition) is 7. The van der Waals surface area contributed by atoms with E-state index < -0.39 is 0 Å². The molecule has 152 valence electrons. The SMILES string of the molecule is CCCCn1nnnc1C(NCc1cccc(CN)c1)c1ccc2c(c1)OCO2. The fourth-order valence-corrected chi connectivity index (χ4v) is 3.42. The average molecular weight is 394 g/mol. The zero-order chi connectivity index (χ0) is 20.1. The third kappa shape index (κ3) is 4.38. The number of nitrogens with one attached hydrogen (secondary N) is 1. The van der Waals surface area contributed by atoms with Gasteiger partial charge in [-0.1, -0.05) is 43.7 Å². The second-order valence-electron chi connectivity index (χ2n) is 7.06. The molecule has 3 N–H and O–H groups in total. The molecule has 1 atom stereocenters. The molecule has 0 amide bonds. The smallest absolute Gasteiger partial charge is 0.231 e. The highest BCUT2D eigenvalue weighted by atomic mass is 16.7. The molecule has 0 aliphatic carbocycles. The maximum atomic E-state index is 5.79. The van der Waals surface area contributed by atoms with Gasteiger partial charge in [0.15, 0.2) is 17.3 Å². The van der Waals surface area contributed by atoms with Crippen LogP contribution in [-0.4, -0.2) is 27.0 Å². The van der Waals surface area contributed by atoms with Gasteiger partial charge in [-0.15, -0.1) is 5.10 Å². The fourth-order valence-electron chi connectivity index (χ4n) is 3.42. The molecule has 29 heavy (non-hydrogen) atoms. The Bertz CT molecular complexity index is 958. The molecule has 0 spiro atoms. The van der Waals surface area contributed by atoms with E-state index in [0.29, 0.717) is 13.1 Å². The van der Waals surface area contributed by atoms with Crippen LogP contribution in [0.2, 0.25) is 0 Å². The van der Waals surface area contributed by atoms with Crippen molar-refractivity contribution in [2.45, 2.75) is 45.4 Å². The van der Waals surface area contributed by atoms with Crippen molar-refractivity contribution in [1.29, 1.82) is 0 Å². The van der Waals surface area contributed by atoms with Gasteiger partial charge in [0.1, 0.15) is 0 Å². The van der Waals surface area contributed by atoms with Crippen LogP contribution in [0.4, 0.5) is 0 Å². The molecule has 8 heteroatoms. The van der Waals surface area contributed by atoms with Crippen LogP contribution in [0, 0.1) is 0 Å². The lowest BCUT2D eigenvalue weighted by Crippen LogP contribution is -2.26. The van der Waals surface area contributed by atoms with Crippen molar-refractivity contribution < 1.29 is 9.47 Å². The highest BCUT2D eigenvalue weighted by Crippen LogP contribution is 2.35. The first-order chi connectivity index (χ1) is 14.3. The summed E-state index contributed by atoms with van der Waals surface area (Å²) in [5.74, 6) is 2.29. The predicted molar refractivity (Wildman–Crippen MR) is 108 cm³/mol. The molecule has 2 aromatic carbocycles. The quantitative estimate of drug-likeness (QED) is 0.575. The molecule has 0 saturated heterocycles. The predicted octanol–water partition coefficient (Wildman–Crippen LogP) is 2.54. The van der Waals surface area contributed by atoms with E-state index in [-0.39, 0.29) is 12.8 Å². The largest absolute Gasteiger partial charge is 0.454 e. The van der Waals surface area contributed by atoms with Crippen LogP contribution in [0.3, 0.4) is 0 Å². The van der Waals surface area contributed by atoms with Gasteiger partial charge in [-0.3, -0.25) is 5.32 Å². The van der Waals surface area contributed by atoms with Crippen molar-refractivity contribution in [3.8, 4) is 11.5 Å². The summed E-state index contributed by atoms with van der Waals surface area (Å²) in [7, 11) is 0. The van der Waals surface area contributed by atoms with Crippen LogP contribution >= 0.6 is 0 Å². The number of aromatic nitrogens is 4. The summed E-state index contributed by atoms with van der Waals surface area (Å²) in [6, 6.07) is 14.0. The lowest BCUT2D eigenvalue weighted by molar-refractivity contribution is 0.174. The molecular weight excluding hydrogens is 368 g/mol. The Hall–Kier alpha value is -2.97. The summed E-state index contributed by atoms with van der Waals surface area (Å²) in [5.41, 5.74) is 9.08. The zero-order valence-electron chi connectivity index (χ0n) is 16.5. The number of tetrazole rings is 1. The minimum Gasteiger partial charge on any atom is -0.454 e. The van der Waals surface area contributed by atoms with Gasteiger partial charge in [0.05, 0.1) is 6.04 Å². The third-order valence-electron chi connectivity index (χ3n) is 5.01. The van der Waals surface area contributed by atoms with Gasteiger partial charge in [-0.25, -0.2) is 4.68 Å². The number of aryl methyl sites for hydroxylation is 1. The summed E-state index contributed by atoms with van der Waals surface area (Å²) in [4.78, 5) is 0. The molecule has 3 aromatic rings. The van der Waals surface area contributed by atoms with Crippen molar-refractivity contribution in [2.24, 2.45) is 5.73 Å². The topological polar surface area (TPSA) is 100 Å². The molecule has 2 heterocycles. The first kappa shape index (κ1) is 19.4. The van der Waals surface area contributed by atoms with Crippen LogP contribution < -0.4 is 20.5 Å². The van der Waals surface area contributed by atoms with Gasteiger partial charge in [0, 0.05) is 19.6 Å². The van der Waals surface area contributed by atoms with Gasteiger partial charge in [-0.05, 0) is 45.7 Å². The molecule has 1 unspecified atom stereocenters. The second kappa shape index (κ2) is 9.02. The van der Waals surface area contributed by atoms with E-state index in [1.807, 2.05) is 35.0 Å². The van der Waals surface area contributed by atoms with Gasteiger partial charge >= 0.3 is 0 Å². The second-order valence-corrected chi connectivity index (χ2v) is 7.06. The lowest BCUT2D eigenvalue weighted by Gasteiger charge is -2.19. The van der Waals surface area contributed by atoms with Crippen LogP contribution in [-0.2, 0) is 19.6 Å². The van der Waals surface area contributed by atoms with E-state index in [2.05, 4.69) is 39.9 Å². The molecule has 0 radical (unpaired) electrons. The van der Waals surface area contributed by atoms with Gasteiger partial charge < -0.3 is 15.2 Å². The molecule has 4 rings (SSSR count). The summed E-state index contributed by atoms with van der Waals surface area (Å²) >= 11 is 0. The average Bonchev–Trinajstić information content (AvgIpc) is 3.41. The van der Waals surface area contributed by atoms with Crippen molar-refractivity contribution in [3.63, 3.8) is 0 Å². The van der Waals surface area contributed by atoms with E-state index in [1.165, 1.54) is 0 Å². The van der Waals surface area contributed by atoms with E-state index in [9.17, 15) is 0 Å². The minimum absolute atomic E-state index is 0.183. The van der Waals surface area contributed by atoms with Crippen LogP contribution in [0.25, 0.3) is 0 Å². The summed E-state index contributed by atoms with van der Waals surface area (Å²) in [6.45, 7) is 4.37. The number of fused-ring (bicyclic) bond motifs is 1. The molecule has 0 saturated carbocycles. The van der Waals surface area contributed by atoms with Gasteiger partial charge in [0.25, 0.3) is 0 Å². The van der Waals surface area contributed by atoms with E-state index in [4.69, 9.17) is 15.2 Å². The molecule has 1 aliphatic heterocycles. The van der Waals surface area contributed by atoms with Gasteiger partial charge in [0.2, 0.25) is 6.79 Å². The zero-order valence-corrected chi connectivity index (χ0v) is 16.5. The first-order valence-corrected chi connectivity index (χ1v) is 9.95. The fraction of sp³-hybridized carbons (Fsp3) is 0.381. The van der Waals surface area contributed by atoms with Crippen molar-refractivity contribution in [2.75, 3.05) is 6.79 Å². The van der Waals surface area contributed by atoms with Crippen molar-refractivity contribution >= 4 is 0 Å². The molecule has 0 fully saturated rings. The van der Waals surface area contributed by atoms with E-state index >= 15 is 0 Å². The number of ether oxygens (including phenoxy) is 2. The van der Waals surface area contributed by atoms with Crippen LogP contribution in [0.15, 0.2) is 42.5 Å². The Kier molecular flexibility index (Phi) is 6.02. The minimum atomic E-state index is -0.183. The summed E-state index contributed by atoms with van der Waals surface area (Å²) < 4.78 is 12.9. The monoisotopic (exact) mass is 394 g/mol. The Morgan fingerprint density at radius 3 is 2.86 bits per heavy atom. The lowest BCUT2D eigenvalue weighted by atomic mass is 10.0. The molecule has 0 bridgehead atoms. The maximum absolute atomic E-state index is 5.79.